The van der Waals surface area contributed by atoms with E-state index >= 15 is 0 Å². The van der Waals surface area contributed by atoms with Crippen LogP contribution in [0, 0.1) is 0 Å². The molecule has 2 aromatic rings. The Balaban J connectivity index is 2.01. The van der Waals surface area contributed by atoms with Crippen molar-refractivity contribution in [2.45, 2.75) is 52.0 Å². The van der Waals surface area contributed by atoms with Gasteiger partial charge in [-0.15, -0.1) is 0 Å². The number of hydrogen-bond acceptors (Lipinski definition) is 6. The zero-order valence-electron chi connectivity index (χ0n) is 21.0. The molecule has 0 bridgehead atoms. The highest BCUT2D eigenvalue weighted by atomic mass is 16.5. The van der Waals surface area contributed by atoms with E-state index in [1.54, 1.807) is 49.6 Å². The molecule has 1 fully saturated rings. The molecule has 0 spiro atoms. The van der Waals surface area contributed by atoms with E-state index in [0.29, 0.717) is 41.5 Å². The second kappa shape index (κ2) is 12.3. The number of methoxy groups -OCH3 is 2. The number of rotatable bonds is 12. The summed E-state index contributed by atoms with van der Waals surface area (Å²) in [6.45, 7) is 5.19. The zero-order chi connectivity index (χ0) is 25.4. The highest BCUT2D eigenvalue weighted by Gasteiger charge is 2.46. The fourth-order valence-corrected chi connectivity index (χ4v) is 4.22. The minimum absolute atomic E-state index is 0.0648. The number of likely N-dealkylation sites (tertiary alicyclic amines) is 1. The Bertz CT molecular complexity index is 1060. The first kappa shape index (κ1) is 26.1. The second-order valence-corrected chi connectivity index (χ2v) is 8.54. The van der Waals surface area contributed by atoms with Gasteiger partial charge < -0.3 is 24.2 Å². The number of nitrogens with zero attached hydrogens (tertiary/aromatic N) is 1. The van der Waals surface area contributed by atoms with Crippen molar-refractivity contribution in [3.05, 3.63) is 59.2 Å². The van der Waals surface area contributed by atoms with Crippen LogP contribution in [0.5, 0.6) is 17.2 Å². The van der Waals surface area contributed by atoms with Crippen molar-refractivity contribution < 1.29 is 28.9 Å². The largest absolute Gasteiger partial charge is 0.507 e. The first-order valence-corrected chi connectivity index (χ1v) is 12.2. The third-order valence-electron chi connectivity index (χ3n) is 6.16. The predicted molar refractivity (Wildman–Crippen MR) is 135 cm³/mol. The number of aliphatic hydroxyl groups is 1. The standard InChI is InChI=1S/C28H35NO6/c1-5-7-9-17-35-21-13-10-19(11-14-21)26(30)24-25(29(16-8-6-2)28(32)27(24)31)20-12-15-22(33-3)23(18-20)34-4/h10-15,18,25,30H,5-9,16-17H2,1-4H3/b26-24-. The third-order valence-corrected chi connectivity index (χ3v) is 6.16. The number of aliphatic hydroxyl groups excluding tert-OH is 1. The van der Waals surface area contributed by atoms with Crippen molar-refractivity contribution in [3.63, 3.8) is 0 Å². The number of ether oxygens (including phenoxy) is 3. The minimum Gasteiger partial charge on any atom is -0.507 e. The highest BCUT2D eigenvalue weighted by molar-refractivity contribution is 6.46. The maximum atomic E-state index is 13.1. The fraction of sp³-hybridized carbons (Fsp3) is 0.429. The molecule has 1 N–H and O–H groups in total. The summed E-state index contributed by atoms with van der Waals surface area (Å²) in [6.07, 6.45) is 4.80. The van der Waals surface area contributed by atoms with Crippen LogP contribution >= 0.6 is 0 Å². The SMILES string of the molecule is CCCCCOc1ccc(/C(O)=C2/C(=O)C(=O)N(CCCC)C2c2ccc(OC)c(OC)c2)cc1. The van der Waals surface area contributed by atoms with Crippen LogP contribution in [0.2, 0.25) is 0 Å². The number of carbonyl (C=O) groups excluding carboxylic acids is 2. The minimum atomic E-state index is -0.730. The lowest BCUT2D eigenvalue weighted by molar-refractivity contribution is -0.139. The molecule has 1 unspecified atom stereocenters. The van der Waals surface area contributed by atoms with Crippen LogP contribution in [0.1, 0.15) is 63.1 Å². The smallest absolute Gasteiger partial charge is 0.295 e. The van der Waals surface area contributed by atoms with Gasteiger partial charge in [0.2, 0.25) is 0 Å². The molecule has 3 rings (SSSR count). The second-order valence-electron chi connectivity index (χ2n) is 8.54. The molecular weight excluding hydrogens is 446 g/mol. The number of benzene rings is 2. The van der Waals surface area contributed by atoms with Crippen molar-refractivity contribution in [1.29, 1.82) is 0 Å². The van der Waals surface area contributed by atoms with E-state index in [0.717, 1.165) is 32.1 Å². The molecule has 1 aliphatic rings. The third kappa shape index (κ3) is 5.78. The van der Waals surface area contributed by atoms with Crippen molar-refractivity contribution >= 4 is 17.4 Å². The molecule has 1 heterocycles. The molecule has 7 nitrogen and oxygen atoms in total. The van der Waals surface area contributed by atoms with Crippen LogP contribution in [0.4, 0.5) is 0 Å². The van der Waals surface area contributed by atoms with Crippen molar-refractivity contribution in [3.8, 4) is 17.2 Å². The first-order valence-electron chi connectivity index (χ1n) is 12.2. The van der Waals surface area contributed by atoms with Gasteiger partial charge in [0.05, 0.1) is 32.4 Å². The Morgan fingerprint density at radius 2 is 1.60 bits per heavy atom. The average Bonchev–Trinajstić information content (AvgIpc) is 3.14. The maximum absolute atomic E-state index is 13.1. The summed E-state index contributed by atoms with van der Waals surface area (Å²) >= 11 is 0. The van der Waals surface area contributed by atoms with Gasteiger partial charge in [0.1, 0.15) is 11.5 Å². The molecule has 188 valence electrons. The van der Waals surface area contributed by atoms with Crippen LogP contribution in [0.3, 0.4) is 0 Å². The van der Waals surface area contributed by atoms with Gasteiger partial charge in [-0.05, 0) is 54.8 Å². The molecule has 1 atom stereocenters. The van der Waals surface area contributed by atoms with E-state index in [9.17, 15) is 14.7 Å². The summed E-state index contributed by atoms with van der Waals surface area (Å²) in [5.74, 6) is 0.193. The van der Waals surface area contributed by atoms with Crippen molar-refractivity contribution in [2.75, 3.05) is 27.4 Å². The normalized spacial score (nSPS) is 17.0. The van der Waals surface area contributed by atoms with E-state index in [-0.39, 0.29) is 11.3 Å². The number of carbonyl (C=O) groups is 2. The lowest BCUT2D eigenvalue weighted by Gasteiger charge is -2.25. The number of ketones is 1. The summed E-state index contributed by atoms with van der Waals surface area (Å²) < 4.78 is 16.5. The monoisotopic (exact) mass is 481 g/mol. The van der Waals surface area contributed by atoms with Gasteiger partial charge in [0.25, 0.3) is 11.7 Å². The predicted octanol–water partition coefficient (Wildman–Crippen LogP) is 5.49. The Morgan fingerprint density at radius 3 is 2.23 bits per heavy atom. The average molecular weight is 482 g/mol. The topological polar surface area (TPSA) is 85.3 Å². The number of Topliss-reactive ketones (excluding diaryl/α,β-unsaturated/α-hetero) is 1. The van der Waals surface area contributed by atoms with E-state index < -0.39 is 17.7 Å². The quantitative estimate of drug-likeness (QED) is 0.187. The molecule has 1 amide bonds. The van der Waals surface area contributed by atoms with Gasteiger partial charge in [-0.25, -0.2) is 0 Å². The van der Waals surface area contributed by atoms with Crippen molar-refractivity contribution in [2.24, 2.45) is 0 Å². The number of unbranched alkanes of at least 4 members (excludes halogenated alkanes) is 3. The van der Waals surface area contributed by atoms with Gasteiger partial charge in [-0.1, -0.05) is 39.2 Å². The Kier molecular flexibility index (Phi) is 9.18. The summed E-state index contributed by atoms with van der Waals surface area (Å²) in [6, 6.07) is 11.5. The molecule has 0 aliphatic carbocycles. The van der Waals surface area contributed by atoms with Crippen LogP contribution in [-0.4, -0.2) is 49.1 Å². The van der Waals surface area contributed by atoms with Crippen LogP contribution in [0.25, 0.3) is 5.76 Å². The summed E-state index contributed by atoms with van der Waals surface area (Å²) in [5, 5.41) is 11.2. The Morgan fingerprint density at radius 1 is 0.914 bits per heavy atom. The summed E-state index contributed by atoms with van der Waals surface area (Å²) in [5.41, 5.74) is 1.18. The number of amides is 1. The highest BCUT2D eigenvalue weighted by Crippen LogP contribution is 2.42. The molecule has 2 aromatic carbocycles. The van der Waals surface area contributed by atoms with Crippen LogP contribution in [0.15, 0.2) is 48.0 Å². The van der Waals surface area contributed by atoms with E-state index in [1.807, 2.05) is 6.92 Å². The Labute approximate surface area is 207 Å². The zero-order valence-corrected chi connectivity index (χ0v) is 21.0. The van der Waals surface area contributed by atoms with Crippen molar-refractivity contribution in [1.82, 2.24) is 4.90 Å². The summed E-state index contributed by atoms with van der Waals surface area (Å²) in [4.78, 5) is 27.7. The Hall–Kier alpha value is -3.48. The first-order chi connectivity index (χ1) is 17.0. The van der Waals surface area contributed by atoms with Gasteiger partial charge in [0.15, 0.2) is 11.5 Å². The lowest BCUT2D eigenvalue weighted by Crippen LogP contribution is -2.30. The molecule has 35 heavy (non-hydrogen) atoms. The van der Waals surface area contributed by atoms with E-state index in [4.69, 9.17) is 14.2 Å². The molecule has 7 heteroatoms. The fourth-order valence-electron chi connectivity index (χ4n) is 4.22. The molecule has 0 radical (unpaired) electrons. The molecule has 1 aliphatic heterocycles. The molecule has 1 saturated heterocycles. The van der Waals surface area contributed by atoms with Gasteiger partial charge >= 0.3 is 0 Å². The van der Waals surface area contributed by atoms with Gasteiger partial charge in [-0.2, -0.15) is 0 Å². The molecular formula is C28H35NO6. The van der Waals surface area contributed by atoms with Gasteiger partial charge in [-0.3, -0.25) is 9.59 Å². The summed E-state index contributed by atoms with van der Waals surface area (Å²) in [7, 11) is 3.07. The molecule has 0 aromatic heterocycles. The lowest BCUT2D eigenvalue weighted by atomic mass is 9.95. The van der Waals surface area contributed by atoms with Crippen LogP contribution in [-0.2, 0) is 9.59 Å². The number of hydrogen-bond donors (Lipinski definition) is 1. The van der Waals surface area contributed by atoms with E-state index in [1.165, 1.54) is 12.0 Å². The van der Waals surface area contributed by atoms with Gasteiger partial charge in [0, 0.05) is 12.1 Å². The molecule has 0 saturated carbocycles. The van der Waals surface area contributed by atoms with E-state index in [2.05, 4.69) is 6.92 Å². The maximum Gasteiger partial charge on any atom is 0.295 e. The van der Waals surface area contributed by atoms with Crippen LogP contribution < -0.4 is 14.2 Å².